The van der Waals surface area contributed by atoms with E-state index in [9.17, 15) is 9.59 Å². The van der Waals surface area contributed by atoms with Crippen molar-refractivity contribution in [2.45, 2.75) is 13.0 Å². The molecule has 0 spiro atoms. The van der Waals surface area contributed by atoms with Crippen LogP contribution in [0.15, 0.2) is 78.1 Å². The van der Waals surface area contributed by atoms with Crippen molar-refractivity contribution < 1.29 is 13.6 Å². The quantitative estimate of drug-likeness (QED) is 0.342. The number of carbonyl (C=O) groups is 1. The van der Waals surface area contributed by atoms with Crippen molar-refractivity contribution in [2.75, 3.05) is 0 Å². The second kappa shape index (κ2) is 9.01. The van der Waals surface area contributed by atoms with Gasteiger partial charge in [-0.05, 0) is 35.7 Å². The van der Waals surface area contributed by atoms with E-state index < -0.39 is 11.6 Å². The number of rotatable bonds is 8. The van der Waals surface area contributed by atoms with E-state index in [0.29, 0.717) is 23.8 Å². The zero-order valence-corrected chi connectivity index (χ0v) is 16.4. The smallest absolute Gasteiger partial charge is 0.367 e. The molecule has 0 aliphatic heterocycles. The summed E-state index contributed by atoms with van der Waals surface area (Å²) in [5.74, 6) is 0.864. The van der Waals surface area contributed by atoms with Crippen LogP contribution in [0.5, 0.6) is 0 Å². The van der Waals surface area contributed by atoms with Crippen LogP contribution in [0.2, 0.25) is 0 Å². The van der Waals surface area contributed by atoms with E-state index in [1.54, 1.807) is 24.3 Å². The van der Waals surface area contributed by atoms with E-state index in [2.05, 4.69) is 20.7 Å². The summed E-state index contributed by atoms with van der Waals surface area (Å²) in [6, 6.07) is 10.7. The Labute approximate surface area is 173 Å². The number of amides is 1. The lowest BCUT2D eigenvalue weighted by Gasteiger charge is -1.98. The average molecular weight is 424 g/mol. The molecule has 0 aliphatic carbocycles. The van der Waals surface area contributed by atoms with Crippen molar-refractivity contribution in [3.63, 3.8) is 0 Å². The first-order chi connectivity index (χ1) is 14.7. The number of furan rings is 2. The maximum absolute atomic E-state index is 12.8. The molecule has 152 valence electrons. The number of nitrogens with zero attached hydrogens (tertiary/aromatic N) is 5. The van der Waals surface area contributed by atoms with Crippen molar-refractivity contribution in [3.8, 4) is 0 Å². The number of hydrogen-bond donors (Lipinski definition) is 1. The van der Waals surface area contributed by atoms with Gasteiger partial charge in [0.25, 0.3) is 5.91 Å². The van der Waals surface area contributed by atoms with Gasteiger partial charge in [-0.15, -0.1) is 11.3 Å². The lowest BCUT2D eigenvalue weighted by atomic mass is 10.3. The van der Waals surface area contributed by atoms with Gasteiger partial charge in [0.05, 0.1) is 25.0 Å². The third-order valence-electron chi connectivity index (χ3n) is 3.86. The summed E-state index contributed by atoms with van der Waals surface area (Å²) < 4.78 is 12.5. The van der Waals surface area contributed by atoms with Gasteiger partial charge in [0.15, 0.2) is 5.82 Å². The van der Waals surface area contributed by atoms with E-state index in [1.807, 2.05) is 17.5 Å². The van der Waals surface area contributed by atoms with Gasteiger partial charge < -0.3 is 8.83 Å². The third kappa shape index (κ3) is 4.70. The molecule has 10 nitrogen and oxygen atoms in total. The van der Waals surface area contributed by atoms with E-state index in [-0.39, 0.29) is 6.54 Å². The molecule has 0 aliphatic rings. The van der Waals surface area contributed by atoms with Crippen molar-refractivity contribution in [1.29, 1.82) is 0 Å². The molecule has 11 heteroatoms. The van der Waals surface area contributed by atoms with Crippen LogP contribution in [-0.4, -0.2) is 32.8 Å². The fourth-order valence-corrected chi connectivity index (χ4v) is 3.23. The van der Waals surface area contributed by atoms with E-state index in [4.69, 9.17) is 8.83 Å². The molecule has 0 fully saturated rings. The topological polar surface area (TPSA) is 120 Å². The predicted octanol–water partition coefficient (Wildman–Crippen LogP) is 1.92. The largest absolute Gasteiger partial charge is 0.463 e. The van der Waals surface area contributed by atoms with Crippen molar-refractivity contribution in [1.82, 2.24) is 19.9 Å². The fraction of sp³-hybridized carbons (Fsp3) is 0.105. The molecule has 1 amide bonds. The highest BCUT2D eigenvalue weighted by Crippen LogP contribution is 2.13. The van der Waals surface area contributed by atoms with Gasteiger partial charge in [0, 0.05) is 11.3 Å². The van der Waals surface area contributed by atoms with Gasteiger partial charge in [0.1, 0.15) is 18.1 Å². The summed E-state index contributed by atoms with van der Waals surface area (Å²) in [5, 5.41) is 14.2. The molecular formula is C19H16N6O4S. The number of nitrogens with one attached hydrogen (secondary N) is 1. The number of aromatic nitrogens is 3. The van der Waals surface area contributed by atoms with Crippen molar-refractivity contribution in [3.05, 3.63) is 87.0 Å². The Morgan fingerprint density at radius 3 is 2.57 bits per heavy atom. The highest BCUT2D eigenvalue weighted by atomic mass is 32.1. The molecule has 4 aromatic heterocycles. The third-order valence-corrected chi connectivity index (χ3v) is 4.73. The van der Waals surface area contributed by atoms with E-state index >= 15 is 0 Å². The zero-order chi connectivity index (χ0) is 20.8. The summed E-state index contributed by atoms with van der Waals surface area (Å²) in [4.78, 5) is 25.9. The summed E-state index contributed by atoms with van der Waals surface area (Å²) in [7, 11) is 0. The molecule has 0 unspecified atom stereocenters. The average Bonchev–Trinajstić information content (AvgIpc) is 3.52. The van der Waals surface area contributed by atoms with Gasteiger partial charge in [-0.1, -0.05) is 6.07 Å². The van der Waals surface area contributed by atoms with Crippen LogP contribution in [0.3, 0.4) is 0 Å². The molecule has 0 saturated carbocycles. The minimum Gasteiger partial charge on any atom is -0.463 e. The van der Waals surface area contributed by atoms with Crippen molar-refractivity contribution >= 4 is 29.7 Å². The first kappa shape index (κ1) is 19.3. The van der Waals surface area contributed by atoms with Gasteiger partial charge >= 0.3 is 5.69 Å². The van der Waals surface area contributed by atoms with Gasteiger partial charge in [-0.25, -0.2) is 14.9 Å². The Morgan fingerprint density at radius 2 is 1.90 bits per heavy atom. The van der Waals surface area contributed by atoms with Gasteiger partial charge in [-0.3, -0.25) is 4.79 Å². The zero-order valence-electron chi connectivity index (χ0n) is 15.5. The Kier molecular flexibility index (Phi) is 5.80. The van der Waals surface area contributed by atoms with Crippen LogP contribution in [-0.2, 0) is 17.8 Å². The Balaban J connectivity index is 1.53. The lowest BCUT2D eigenvalue weighted by molar-refractivity contribution is -0.121. The van der Waals surface area contributed by atoms with Crippen LogP contribution in [0, 0.1) is 0 Å². The highest BCUT2D eigenvalue weighted by molar-refractivity contribution is 7.09. The Bertz CT molecular complexity index is 1200. The molecule has 4 heterocycles. The molecule has 4 rings (SSSR count). The first-order valence-corrected chi connectivity index (χ1v) is 9.71. The van der Waals surface area contributed by atoms with Crippen LogP contribution in [0.25, 0.3) is 0 Å². The van der Waals surface area contributed by atoms with Crippen LogP contribution >= 0.6 is 11.3 Å². The molecule has 0 bridgehead atoms. The van der Waals surface area contributed by atoms with Gasteiger partial charge in [-0.2, -0.15) is 20.0 Å². The minimum atomic E-state index is -0.547. The standard InChI is InChI=1S/C19H16N6O4S/c26-18(22-20-11-14-4-1-7-28-14)13-24-19(27)25(21-12-15-5-2-8-29-15)17(23-24)10-16-6-3-9-30-16/h1-9,11-12H,10,13H2,(H,22,26)/b20-11+,21-12+. The monoisotopic (exact) mass is 424 g/mol. The second-order valence-electron chi connectivity index (χ2n) is 5.99. The van der Waals surface area contributed by atoms with Crippen LogP contribution < -0.4 is 11.1 Å². The SMILES string of the molecule is O=C(Cn1nc(Cc2cccs2)n(/N=C/c2ccco2)c1=O)N/N=C/c1ccco1. The normalized spacial score (nSPS) is 11.6. The molecule has 0 radical (unpaired) electrons. The van der Waals surface area contributed by atoms with E-state index in [0.717, 1.165) is 14.2 Å². The molecule has 0 aromatic carbocycles. The molecular weight excluding hydrogens is 408 g/mol. The van der Waals surface area contributed by atoms with Crippen LogP contribution in [0.1, 0.15) is 22.2 Å². The summed E-state index contributed by atoms with van der Waals surface area (Å²) in [5.41, 5.74) is 1.79. The highest BCUT2D eigenvalue weighted by Gasteiger charge is 2.16. The molecule has 0 saturated heterocycles. The molecule has 1 N–H and O–H groups in total. The van der Waals surface area contributed by atoms with Gasteiger partial charge in [0.2, 0.25) is 0 Å². The number of carbonyl (C=O) groups excluding carboxylic acids is 1. The summed E-state index contributed by atoms with van der Waals surface area (Å²) in [6.07, 6.45) is 6.17. The predicted molar refractivity (Wildman–Crippen MR) is 110 cm³/mol. The maximum atomic E-state index is 12.8. The number of hydrazone groups is 1. The minimum absolute atomic E-state index is 0.310. The Morgan fingerprint density at radius 1 is 1.13 bits per heavy atom. The molecule has 0 atom stereocenters. The first-order valence-electron chi connectivity index (χ1n) is 8.83. The molecule has 30 heavy (non-hydrogen) atoms. The summed E-state index contributed by atoms with van der Waals surface area (Å²) in [6.45, 7) is -0.310. The number of hydrogen-bond acceptors (Lipinski definition) is 8. The number of thiophene rings is 1. The van der Waals surface area contributed by atoms with Crippen molar-refractivity contribution in [2.24, 2.45) is 10.2 Å². The molecule has 4 aromatic rings. The summed E-state index contributed by atoms with van der Waals surface area (Å²) >= 11 is 1.54. The van der Waals surface area contributed by atoms with E-state index in [1.165, 1.54) is 36.3 Å². The maximum Gasteiger partial charge on any atom is 0.367 e. The fourth-order valence-electron chi connectivity index (χ4n) is 2.53. The van der Waals surface area contributed by atoms with Crippen LogP contribution in [0.4, 0.5) is 0 Å². The lowest BCUT2D eigenvalue weighted by Crippen LogP contribution is -2.31. The second-order valence-corrected chi connectivity index (χ2v) is 7.03. The Hall–Kier alpha value is -3.99.